The summed E-state index contributed by atoms with van der Waals surface area (Å²) in [7, 11) is 8.43. The average Bonchev–Trinajstić information content (AvgIpc) is 2.41. The third-order valence-corrected chi connectivity index (χ3v) is 4.34. The summed E-state index contributed by atoms with van der Waals surface area (Å²) >= 11 is 0. The number of carbonyl (C=O) groups excluding carboxylic acids is 1. The summed E-state index contributed by atoms with van der Waals surface area (Å²) in [5.41, 5.74) is 1.13. The second-order valence-electron chi connectivity index (χ2n) is 5.56. The zero-order valence-electron chi connectivity index (χ0n) is 11.7. The summed E-state index contributed by atoms with van der Waals surface area (Å²) in [6, 6.07) is 9.72. The van der Waals surface area contributed by atoms with Crippen molar-refractivity contribution in [2.45, 2.75) is 44.1 Å². The van der Waals surface area contributed by atoms with Crippen LogP contribution >= 0.6 is 9.39 Å². The lowest BCUT2D eigenvalue weighted by Crippen LogP contribution is -2.47. The van der Waals surface area contributed by atoms with Crippen molar-refractivity contribution in [3.05, 3.63) is 35.9 Å². The predicted octanol–water partition coefficient (Wildman–Crippen LogP) is 1.78. The summed E-state index contributed by atoms with van der Waals surface area (Å²) in [4.78, 5) is 12.2. The van der Waals surface area contributed by atoms with Gasteiger partial charge in [-0.15, -0.1) is 0 Å². The van der Waals surface area contributed by atoms with E-state index in [1.54, 1.807) is 0 Å². The molecule has 1 saturated carbocycles. The van der Waals surface area contributed by atoms with Gasteiger partial charge in [0, 0.05) is 0 Å². The molecule has 1 aromatic rings. The molecule has 3 nitrogen and oxygen atoms in total. The number of benzene rings is 1. The largest absolute Gasteiger partial charge is 0.361 e. The third kappa shape index (κ3) is 4.61. The van der Waals surface area contributed by atoms with E-state index in [-0.39, 0.29) is 17.9 Å². The van der Waals surface area contributed by atoms with E-state index in [0.29, 0.717) is 12.3 Å². The van der Waals surface area contributed by atoms with E-state index >= 15 is 0 Å². The van der Waals surface area contributed by atoms with E-state index in [2.05, 4.69) is 19.8 Å². The van der Waals surface area contributed by atoms with Gasteiger partial charge in [0.05, 0.1) is 13.9 Å². The molecule has 1 aliphatic rings. The molecule has 2 radical (unpaired) electrons. The lowest BCUT2D eigenvalue weighted by atomic mass is 9.76. The minimum atomic E-state index is -0.269. The second-order valence-corrected chi connectivity index (χ2v) is 5.89. The van der Waals surface area contributed by atoms with Gasteiger partial charge in [-0.25, -0.2) is 0 Å². The molecule has 0 heterocycles. The molecule has 5 heteroatoms. The first-order chi connectivity index (χ1) is 9.69. The summed E-state index contributed by atoms with van der Waals surface area (Å²) in [6.07, 6.45) is 5.35. The summed E-state index contributed by atoms with van der Waals surface area (Å²) in [5.74, 6) is 0.432. The Labute approximate surface area is 125 Å². The first-order valence-corrected chi connectivity index (χ1v) is 7.82. The Hall–Kier alpha value is -0.855. The molecule has 0 spiro atoms. The molecule has 1 aliphatic carbocycles. The van der Waals surface area contributed by atoms with E-state index in [4.69, 9.17) is 7.85 Å². The van der Waals surface area contributed by atoms with Crippen LogP contribution in [0.3, 0.4) is 0 Å². The van der Waals surface area contributed by atoms with Crippen molar-refractivity contribution >= 4 is 23.1 Å². The van der Waals surface area contributed by atoms with E-state index in [9.17, 15) is 4.79 Å². The van der Waals surface area contributed by atoms with Crippen LogP contribution in [-0.4, -0.2) is 25.7 Å². The van der Waals surface area contributed by atoms with Crippen molar-refractivity contribution in [2.24, 2.45) is 5.92 Å². The number of hydrogen-bond acceptors (Lipinski definition) is 2. The maximum atomic E-state index is 12.2. The quantitative estimate of drug-likeness (QED) is 0.593. The third-order valence-electron chi connectivity index (χ3n) is 3.94. The van der Waals surface area contributed by atoms with Crippen molar-refractivity contribution in [3.63, 3.8) is 0 Å². The van der Waals surface area contributed by atoms with Gasteiger partial charge in [-0.2, -0.15) is 0 Å². The number of rotatable bonds is 7. The normalized spacial score (nSPS) is 18.1. The average molecular weight is 288 g/mol. The van der Waals surface area contributed by atoms with Crippen LogP contribution in [0.5, 0.6) is 0 Å². The minimum absolute atomic E-state index is 0.0318. The molecule has 0 bridgehead atoms. The van der Waals surface area contributed by atoms with Gasteiger partial charge in [0.2, 0.25) is 5.91 Å². The monoisotopic (exact) mass is 288 g/mol. The number of nitrogens with one attached hydrogen (secondary N) is 2. The van der Waals surface area contributed by atoms with Gasteiger partial charge in [0.25, 0.3) is 0 Å². The Kier molecular flexibility index (Phi) is 6.06. The number of amides is 1. The summed E-state index contributed by atoms with van der Waals surface area (Å²) < 4.78 is 0. The van der Waals surface area contributed by atoms with Crippen LogP contribution in [0.2, 0.25) is 0 Å². The first-order valence-electron chi connectivity index (χ1n) is 7.25. The van der Waals surface area contributed by atoms with Gasteiger partial charge >= 0.3 is 0 Å². The fourth-order valence-corrected chi connectivity index (χ4v) is 2.78. The van der Waals surface area contributed by atoms with Gasteiger partial charge in [0.15, 0.2) is 0 Å². The Morgan fingerprint density at radius 2 is 2.05 bits per heavy atom. The van der Waals surface area contributed by atoms with Crippen molar-refractivity contribution in [2.75, 3.05) is 0 Å². The fraction of sp³-hybridized carbons (Fsp3) is 0.533. The topological polar surface area (TPSA) is 41.1 Å². The molecule has 0 saturated heterocycles. The highest BCUT2D eigenvalue weighted by molar-refractivity contribution is 7.13. The molecular weight excluding hydrogens is 266 g/mol. The highest BCUT2D eigenvalue weighted by Gasteiger charge is 2.23. The maximum absolute atomic E-state index is 12.2. The highest BCUT2D eigenvalue weighted by Crippen LogP contribution is 2.29. The Bertz CT molecular complexity index is 425. The molecule has 1 fully saturated rings. The van der Waals surface area contributed by atoms with Crippen LogP contribution in [-0.2, 0) is 11.2 Å². The highest BCUT2D eigenvalue weighted by atomic mass is 31.0. The molecule has 106 valence electrons. The minimum Gasteiger partial charge on any atom is -0.361 e. The Balaban J connectivity index is 1.81. The molecule has 3 atom stereocenters. The molecule has 1 aromatic carbocycles. The summed E-state index contributed by atoms with van der Waals surface area (Å²) in [5, 5.41) is 5.90. The fourth-order valence-electron chi connectivity index (χ4n) is 2.51. The number of hydrogen-bond donors (Lipinski definition) is 2. The lowest BCUT2D eigenvalue weighted by molar-refractivity contribution is -0.123. The van der Waals surface area contributed by atoms with Crippen LogP contribution in [0, 0.1) is 5.92 Å². The first kappa shape index (κ1) is 15.5. The molecule has 1 amide bonds. The van der Waals surface area contributed by atoms with Crippen molar-refractivity contribution in [1.29, 1.82) is 0 Å². The molecule has 0 aromatic heterocycles. The van der Waals surface area contributed by atoms with Crippen LogP contribution in [0.1, 0.15) is 31.2 Å². The van der Waals surface area contributed by atoms with Crippen molar-refractivity contribution in [3.8, 4) is 0 Å². The maximum Gasteiger partial charge on any atom is 0.237 e. The van der Waals surface area contributed by atoms with E-state index in [0.717, 1.165) is 12.0 Å². The molecule has 2 rings (SSSR count). The SMILES string of the molecule is [B][C@H](CC1CCC1)NC(=O)[C@H](Cc1ccccc1)NP. The van der Waals surface area contributed by atoms with Crippen molar-refractivity contribution in [1.82, 2.24) is 10.4 Å². The molecular formula is C15H22BN2OP. The van der Waals surface area contributed by atoms with Gasteiger partial charge in [-0.3, -0.25) is 9.88 Å². The molecule has 20 heavy (non-hydrogen) atoms. The van der Waals surface area contributed by atoms with Gasteiger partial charge < -0.3 is 5.32 Å². The van der Waals surface area contributed by atoms with Gasteiger partial charge in [-0.05, 0) is 30.3 Å². The van der Waals surface area contributed by atoms with E-state index < -0.39 is 0 Å². The Morgan fingerprint density at radius 1 is 1.35 bits per heavy atom. The predicted molar refractivity (Wildman–Crippen MR) is 86.4 cm³/mol. The standard InChI is InChI=1S/C15H22BN2OP/c16-14(10-12-7-4-8-12)17-15(19)13(18-20)9-11-5-2-1-3-6-11/h1-3,5-6,12-14,18H,4,7-10,20H2,(H,17,19)/t13-,14-/m0/s1. The van der Waals surface area contributed by atoms with Crippen LogP contribution in [0.25, 0.3) is 0 Å². The molecule has 2 N–H and O–H groups in total. The van der Waals surface area contributed by atoms with E-state index in [1.165, 1.54) is 19.3 Å². The van der Waals surface area contributed by atoms with Crippen molar-refractivity contribution < 1.29 is 4.79 Å². The zero-order valence-corrected chi connectivity index (χ0v) is 12.9. The molecule has 1 unspecified atom stereocenters. The smallest absolute Gasteiger partial charge is 0.237 e. The van der Waals surface area contributed by atoms with Crippen LogP contribution < -0.4 is 10.4 Å². The summed E-state index contributed by atoms with van der Waals surface area (Å²) in [6.45, 7) is 0. The Morgan fingerprint density at radius 3 is 2.60 bits per heavy atom. The van der Waals surface area contributed by atoms with Crippen LogP contribution in [0.4, 0.5) is 0 Å². The zero-order chi connectivity index (χ0) is 14.4. The van der Waals surface area contributed by atoms with E-state index in [1.807, 2.05) is 30.3 Å². The molecule has 0 aliphatic heterocycles. The number of carbonyl (C=O) groups is 1. The van der Waals surface area contributed by atoms with Crippen LogP contribution in [0.15, 0.2) is 30.3 Å². The van der Waals surface area contributed by atoms with Gasteiger partial charge in [-0.1, -0.05) is 59.0 Å². The second kappa shape index (κ2) is 7.80. The van der Waals surface area contributed by atoms with Gasteiger partial charge in [0.1, 0.15) is 0 Å². The lowest BCUT2D eigenvalue weighted by Gasteiger charge is -2.29.